The first-order chi connectivity index (χ1) is 6.52. The van der Waals surface area contributed by atoms with Crippen LogP contribution in [0, 0.1) is 30.4 Å². The lowest BCUT2D eigenvalue weighted by Gasteiger charge is -1.99. The lowest BCUT2D eigenvalue weighted by atomic mass is 10.1. The minimum atomic E-state index is -1.43. The first kappa shape index (κ1) is 10.2. The van der Waals surface area contributed by atoms with Gasteiger partial charge in [-0.25, -0.2) is 13.6 Å². The molecule has 0 fully saturated rings. The zero-order valence-electron chi connectivity index (χ0n) is 7.27. The van der Waals surface area contributed by atoms with Gasteiger partial charge in [-0.2, -0.15) is 0 Å². The monoisotopic (exact) mass is 196 g/mol. The number of aryl methyl sites for hydroxylation is 1. The molecule has 0 spiro atoms. The van der Waals surface area contributed by atoms with E-state index in [-0.39, 0.29) is 5.56 Å². The van der Waals surface area contributed by atoms with Crippen molar-refractivity contribution in [3.05, 3.63) is 34.9 Å². The Morgan fingerprint density at radius 2 is 2.07 bits per heavy atom. The number of carbonyl (C=O) groups is 1. The highest BCUT2D eigenvalue weighted by atomic mass is 19.1. The molecule has 72 valence electrons. The van der Waals surface area contributed by atoms with Crippen LogP contribution in [0.3, 0.4) is 0 Å². The molecule has 4 heteroatoms. The Hall–Kier alpha value is -1.89. The van der Waals surface area contributed by atoms with E-state index in [0.717, 1.165) is 6.07 Å². The van der Waals surface area contributed by atoms with Crippen LogP contribution in [-0.4, -0.2) is 11.1 Å². The maximum Gasteiger partial charge on any atom is 0.382 e. The van der Waals surface area contributed by atoms with Crippen LogP contribution in [0.5, 0.6) is 0 Å². The molecule has 0 saturated carbocycles. The van der Waals surface area contributed by atoms with Crippen LogP contribution >= 0.6 is 0 Å². The highest BCUT2D eigenvalue weighted by molar-refractivity contribution is 5.87. The number of hydrogen-bond donors (Lipinski definition) is 1. The summed E-state index contributed by atoms with van der Waals surface area (Å²) in [7, 11) is 0. The number of aliphatic carboxylic acids is 1. The highest BCUT2D eigenvalue weighted by Crippen LogP contribution is 2.14. The van der Waals surface area contributed by atoms with Crippen LogP contribution in [-0.2, 0) is 4.79 Å². The SMILES string of the molecule is Cc1ccc(F)c(C#CC(=O)O)c1F. The van der Waals surface area contributed by atoms with Gasteiger partial charge < -0.3 is 5.11 Å². The van der Waals surface area contributed by atoms with Crippen molar-refractivity contribution in [1.29, 1.82) is 0 Å². The predicted molar refractivity (Wildman–Crippen MR) is 45.6 cm³/mol. The second-order valence-corrected chi connectivity index (χ2v) is 2.61. The maximum atomic E-state index is 13.2. The first-order valence-electron chi connectivity index (χ1n) is 3.72. The van der Waals surface area contributed by atoms with Gasteiger partial charge in [-0.15, -0.1) is 0 Å². The van der Waals surface area contributed by atoms with Gasteiger partial charge in [0.15, 0.2) is 0 Å². The molecule has 1 N–H and O–H groups in total. The molecule has 0 unspecified atom stereocenters. The Balaban J connectivity index is 3.28. The van der Waals surface area contributed by atoms with Gasteiger partial charge in [0.2, 0.25) is 0 Å². The normalized spacial score (nSPS) is 9.07. The predicted octanol–water partition coefficient (Wildman–Crippen LogP) is 1.71. The molecule has 1 aromatic carbocycles. The molecule has 0 aliphatic heterocycles. The molecule has 0 aliphatic carbocycles. The molecule has 0 atom stereocenters. The van der Waals surface area contributed by atoms with E-state index < -0.39 is 23.2 Å². The minimum absolute atomic E-state index is 0.223. The van der Waals surface area contributed by atoms with Crippen LogP contribution in [0.25, 0.3) is 0 Å². The van der Waals surface area contributed by atoms with Gasteiger partial charge in [0.1, 0.15) is 11.6 Å². The van der Waals surface area contributed by atoms with Crippen LogP contribution in [0.1, 0.15) is 11.1 Å². The third-order valence-electron chi connectivity index (χ3n) is 1.58. The van der Waals surface area contributed by atoms with Crippen molar-refractivity contribution in [2.24, 2.45) is 0 Å². The highest BCUT2D eigenvalue weighted by Gasteiger charge is 2.08. The number of carboxylic acid groups (broad SMARTS) is 1. The van der Waals surface area contributed by atoms with E-state index in [2.05, 4.69) is 0 Å². The Bertz CT molecular complexity index is 441. The summed E-state index contributed by atoms with van der Waals surface area (Å²) in [4.78, 5) is 10.1. The quantitative estimate of drug-likeness (QED) is 0.641. The largest absolute Gasteiger partial charge is 0.472 e. The number of rotatable bonds is 0. The average Bonchev–Trinajstić information content (AvgIpc) is 2.11. The summed E-state index contributed by atoms with van der Waals surface area (Å²) in [5.74, 6) is 0.474. The Kier molecular flexibility index (Phi) is 2.82. The third kappa shape index (κ3) is 2.07. The summed E-state index contributed by atoms with van der Waals surface area (Å²) in [6.07, 6.45) is 0. The van der Waals surface area contributed by atoms with Crippen molar-refractivity contribution in [1.82, 2.24) is 0 Å². The molecular weight excluding hydrogens is 190 g/mol. The van der Waals surface area contributed by atoms with Crippen molar-refractivity contribution in [2.45, 2.75) is 6.92 Å². The molecule has 0 aliphatic rings. The second kappa shape index (κ2) is 3.88. The van der Waals surface area contributed by atoms with Gasteiger partial charge in [0.25, 0.3) is 0 Å². The Labute approximate surface area is 79.2 Å². The fourth-order valence-electron chi connectivity index (χ4n) is 0.887. The molecule has 0 bridgehead atoms. The number of benzene rings is 1. The third-order valence-corrected chi connectivity index (χ3v) is 1.58. The lowest BCUT2D eigenvalue weighted by molar-refractivity contribution is -0.130. The van der Waals surface area contributed by atoms with E-state index in [1.807, 2.05) is 5.92 Å². The maximum absolute atomic E-state index is 13.2. The molecule has 0 heterocycles. The number of hydrogen-bond acceptors (Lipinski definition) is 1. The van der Waals surface area contributed by atoms with Gasteiger partial charge in [-0.3, -0.25) is 0 Å². The average molecular weight is 196 g/mol. The van der Waals surface area contributed by atoms with Crippen LogP contribution in [0.2, 0.25) is 0 Å². The van der Waals surface area contributed by atoms with Crippen LogP contribution in [0.15, 0.2) is 12.1 Å². The standard InChI is InChI=1S/C10H6F2O2/c1-6-2-4-8(11)7(10(6)12)3-5-9(13)14/h2,4H,1H3,(H,13,14). The molecule has 0 amide bonds. The summed E-state index contributed by atoms with van der Waals surface area (Å²) in [5.41, 5.74) is -0.284. The minimum Gasteiger partial charge on any atom is -0.472 e. The summed E-state index contributed by atoms with van der Waals surface area (Å²) in [6, 6.07) is 2.31. The van der Waals surface area contributed by atoms with Crippen LogP contribution in [0.4, 0.5) is 8.78 Å². The summed E-state index contributed by atoms with van der Waals surface area (Å²) < 4.78 is 26.1. The number of carboxylic acids is 1. The zero-order valence-corrected chi connectivity index (χ0v) is 7.27. The first-order valence-corrected chi connectivity index (χ1v) is 3.72. The van der Waals surface area contributed by atoms with E-state index in [9.17, 15) is 13.6 Å². The van der Waals surface area contributed by atoms with Crippen molar-refractivity contribution < 1.29 is 18.7 Å². The van der Waals surface area contributed by atoms with E-state index in [4.69, 9.17) is 5.11 Å². The van der Waals surface area contributed by atoms with Crippen molar-refractivity contribution in [3.63, 3.8) is 0 Å². The van der Waals surface area contributed by atoms with Crippen molar-refractivity contribution in [3.8, 4) is 11.8 Å². The second-order valence-electron chi connectivity index (χ2n) is 2.61. The molecule has 14 heavy (non-hydrogen) atoms. The summed E-state index contributed by atoms with van der Waals surface area (Å²) in [6.45, 7) is 1.45. The summed E-state index contributed by atoms with van der Waals surface area (Å²) in [5, 5.41) is 8.21. The van der Waals surface area contributed by atoms with E-state index in [1.54, 1.807) is 5.92 Å². The zero-order chi connectivity index (χ0) is 10.7. The lowest BCUT2D eigenvalue weighted by Crippen LogP contribution is -1.95. The molecule has 0 saturated heterocycles. The topological polar surface area (TPSA) is 37.3 Å². The fourth-order valence-corrected chi connectivity index (χ4v) is 0.887. The van der Waals surface area contributed by atoms with E-state index in [0.29, 0.717) is 0 Å². The Morgan fingerprint density at radius 1 is 1.43 bits per heavy atom. The Morgan fingerprint density at radius 3 is 2.64 bits per heavy atom. The molecule has 0 radical (unpaired) electrons. The van der Waals surface area contributed by atoms with Gasteiger partial charge in [-0.1, -0.05) is 6.07 Å². The van der Waals surface area contributed by atoms with Gasteiger partial charge >= 0.3 is 5.97 Å². The molecule has 0 aromatic heterocycles. The van der Waals surface area contributed by atoms with Gasteiger partial charge in [0.05, 0.1) is 5.56 Å². The fraction of sp³-hybridized carbons (Fsp3) is 0.100. The molecular formula is C10H6F2O2. The number of halogens is 2. The summed E-state index contributed by atoms with van der Waals surface area (Å²) >= 11 is 0. The smallest absolute Gasteiger partial charge is 0.382 e. The van der Waals surface area contributed by atoms with Gasteiger partial charge in [-0.05, 0) is 24.5 Å². The van der Waals surface area contributed by atoms with E-state index in [1.165, 1.54) is 13.0 Å². The van der Waals surface area contributed by atoms with E-state index >= 15 is 0 Å². The molecule has 2 nitrogen and oxygen atoms in total. The van der Waals surface area contributed by atoms with Gasteiger partial charge in [0, 0.05) is 5.92 Å². The molecule has 1 rings (SSSR count). The van der Waals surface area contributed by atoms with Crippen molar-refractivity contribution >= 4 is 5.97 Å². The molecule has 1 aromatic rings. The van der Waals surface area contributed by atoms with Crippen molar-refractivity contribution in [2.75, 3.05) is 0 Å². The van der Waals surface area contributed by atoms with Crippen LogP contribution < -0.4 is 0 Å².